The number of Topliss-reactive ketones (excluding diaryl/α,β-unsaturated/α-hetero) is 2. The maximum atomic E-state index is 10.5. The lowest BCUT2D eigenvalue weighted by Crippen LogP contribution is -1.88. The largest absolute Gasteiger partial charge is 0.412 e. The van der Waals surface area contributed by atoms with E-state index in [0.717, 1.165) is 25.7 Å². The molecule has 0 unspecified atom stereocenters. The van der Waals surface area contributed by atoms with Gasteiger partial charge in [-0.2, -0.15) is 0 Å². The van der Waals surface area contributed by atoms with Crippen LogP contribution in [0, 0.1) is 0 Å². The van der Waals surface area contributed by atoms with Crippen LogP contribution in [-0.4, -0.2) is 17.0 Å². The van der Waals surface area contributed by atoms with Crippen molar-refractivity contribution < 1.29 is 15.1 Å². The maximum Gasteiger partial charge on any atom is 0.129 e. The van der Waals surface area contributed by atoms with Gasteiger partial charge in [0.25, 0.3) is 0 Å². The predicted molar refractivity (Wildman–Crippen MR) is 91.7 cm³/mol. The molecule has 0 radical (unpaired) electrons. The van der Waals surface area contributed by atoms with E-state index in [1.807, 2.05) is 0 Å². The molecule has 0 spiro atoms. The Kier molecular flexibility index (Phi) is 26.0. The van der Waals surface area contributed by atoms with Crippen molar-refractivity contribution in [1.29, 1.82) is 0 Å². The summed E-state index contributed by atoms with van der Waals surface area (Å²) in [4.78, 5) is 21.0. The van der Waals surface area contributed by atoms with Crippen LogP contribution in [0.5, 0.6) is 0 Å². The third kappa shape index (κ3) is 32.7. The lowest BCUT2D eigenvalue weighted by molar-refractivity contribution is -0.117. The second-order valence-electron chi connectivity index (χ2n) is 5.73. The van der Waals surface area contributed by atoms with Crippen molar-refractivity contribution in [2.45, 2.75) is 105 Å². The standard InChI is InChI=1S/2C9H18O.H2O/c2*1-3-4-5-6-7-8-9(2)10;/h2*3-8H2,1-2H3;1H2. The van der Waals surface area contributed by atoms with Gasteiger partial charge in [-0.15, -0.1) is 0 Å². The van der Waals surface area contributed by atoms with Crippen LogP contribution in [0.3, 0.4) is 0 Å². The maximum absolute atomic E-state index is 10.5. The number of carbonyl (C=O) groups is 2. The topological polar surface area (TPSA) is 65.6 Å². The van der Waals surface area contributed by atoms with Crippen molar-refractivity contribution >= 4 is 11.6 Å². The molecule has 0 aromatic heterocycles. The van der Waals surface area contributed by atoms with Gasteiger partial charge in [0.1, 0.15) is 11.6 Å². The molecular formula is C18H38O3. The molecule has 3 nitrogen and oxygen atoms in total. The Morgan fingerprint density at radius 3 is 1.10 bits per heavy atom. The molecule has 0 aliphatic carbocycles. The van der Waals surface area contributed by atoms with E-state index in [2.05, 4.69) is 13.8 Å². The van der Waals surface area contributed by atoms with Gasteiger partial charge in [0, 0.05) is 12.8 Å². The highest BCUT2D eigenvalue weighted by atomic mass is 16.1. The summed E-state index contributed by atoms with van der Waals surface area (Å²) in [5, 5.41) is 0. The molecule has 0 amide bonds. The molecule has 0 rings (SSSR count). The van der Waals surface area contributed by atoms with Crippen LogP contribution in [-0.2, 0) is 9.59 Å². The van der Waals surface area contributed by atoms with E-state index in [1.165, 1.54) is 51.4 Å². The molecule has 0 aliphatic rings. The van der Waals surface area contributed by atoms with Gasteiger partial charge >= 0.3 is 0 Å². The highest BCUT2D eigenvalue weighted by Crippen LogP contribution is 2.05. The fourth-order valence-electron chi connectivity index (χ4n) is 1.95. The first-order valence-corrected chi connectivity index (χ1v) is 8.53. The fourth-order valence-corrected chi connectivity index (χ4v) is 1.95. The number of hydrogen-bond donors (Lipinski definition) is 0. The molecule has 0 fully saturated rings. The van der Waals surface area contributed by atoms with E-state index < -0.39 is 0 Å². The third-order valence-electron chi connectivity index (χ3n) is 3.26. The zero-order valence-corrected chi connectivity index (χ0v) is 14.8. The minimum atomic E-state index is 0. The van der Waals surface area contributed by atoms with Crippen molar-refractivity contribution in [3.8, 4) is 0 Å². The van der Waals surface area contributed by atoms with Crippen LogP contribution >= 0.6 is 0 Å². The summed E-state index contributed by atoms with van der Waals surface area (Å²) < 4.78 is 0. The van der Waals surface area contributed by atoms with Crippen LogP contribution in [0.25, 0.3) is 0 Å². The molecular weight excluding hydrogens is 264 g/mol. The van der Waals surface area contributed by atoms with Gasteiger partial charge in [-0.25, -0.2) is 0 Å². The van der Waals surface area contributed by atoms with Crippen LogP contribution in [0.1, 0.15) is 105 Å². The molecule has 3 heteroatoms. The summed E-state index contributed by atoms with van der Waals surface area (Å²) >= 11 is 0. The second-order valence-corrected chi connectivity index (χ2v) is 5.73. The predicted octanol–water partition coefficient (Wildman–Crippen LogP) is 5.05. The van der Waals surface area contributed by atoms with E-state index in [-0.39, 0.29) is 5.48 Å². The Bertz CT molecular complexity index is 201. The van der Waals surface area contributed by atoms with Crippen molar-refractivity contribution in [2.24, 2.45) is 0 Å². The van der Waals surface area contributed by atoms with Crippen molar-refractivity contribution in [3.05, 3.63) is 0 Å². The van der Waals surface area contributed by atoms with Crippen molar-refractivity contribution in [3.63, 3.8) is 0 Å². The highest BCUT2D eigenvalue weighted by Gasteiger charge is 1.93. The Labute approximate surface area is 132 Å². The highest BCUT2D eigenvalue weighted by molar-refractivity contribution is 5.75. The van der Waals surface area contributed by atoms with Crippen molar-refractivity contribution in [1.82, 2.24) is 0 Å². The fraction of sp³-hybridized carbons (Fsp3) is 0.889. The Morgan fingerprint density at radius 2 is 0.857 bits per heavy atom. The van der Waals surface area contributed by atoms with E-state index >= 15 is 0 Å². The van der Waals surface area contributed by atoms with Gasteiger partial charge in [-0.05, 0) is 26.7 Å². The molecule has 0 atom stereocenters. The van der Waals surface area contributed by atoms with Crippen LogP contribution in [0.2, 0.25) is 0 Å². The van der Waals surface area contributed by atoms with E-state index in [0.29, 0.717) is 11.6 Å². The molecule has 0 aromatic rings. The Balaban J connectivity index is -0.000000295. The summed E-state index contributed by atoms with van der Waals surface area (Å²) in [6, 6.07) is 0. The van der Waals surface area contributed by atoms with Gasteiger partial charge in [0.05, 0.1) is 0 Å². The van der Waals surface area contributed by atoms with Crippen LogP contribution in [0.15, 0.2) is 0 Å². The second kappa shape index (κ2) is 21.6. The van der Waals surface area contributed by atoms with Gasteiger partial charge < -0.3 is 15.1 Å². The lowest BCUT2D eigenvalue weighted by Gasteiger charge is -1.95. The normalized spacial score (nSPS) is 9.33. The van der Waals surface area contributed by atoms with E-state index in [9.17, 15) is 9.59 Å². The Morgan fingerprint density at radius 1 is 0.571 bits per heavy atom. The SMILES string of the molecule is CCCCCCCC(C)=O.CCCCCCCC(C)=O.O. The average Bonchev–Trinajstić information content (AvgIpc) is 2.38. The quantitative estimate of drug-likeness (QED) is 0.474. The summed E-state index contributed by atoms with van der Waals surface area (Å²) in [6.07, 6.45) is 14.0. The molecule has 128 valence electrons. The Hall–Kier alpha value is -0.700. The zero-order chi connectivity index (χ0) is 15.6. The minimum absolute atomic E-state index is 0. The summed E-state index contributed by atoms with van der Waals surface area (Å²) in [6.45, 7) is 7.73. The van der Waals surface area contributed by atoms with E-state index in [4.69, 9.17) is 0 Å². The smallest absolute Gasteiger partial charge is 0.129 e. The summed E-state index contributed by atoms with van der Waals surface area (Å²) in [5.41, 5.74) is 0. The van der Waals surface area contributed by atoms with Gasteiger partial charge in [-0.3, -0.25) is 0 Å². The molecule has 21 heavy (non-hydrogen) atoms. The number of ketones is 2. The molecule has 0 heterocycles. The third-order valence-corrected chi connectivity index (χ3v) is 3.26. The first kappa shape index (κ1) is 25.3. The number of hydrogen-bond acceptors (Lipinski definition) is 2. The summed E-state index contributed by atoms with van der Waals surface area (Å²) in [5.74, 6) is 0.660. The first-order chi connectivity index (χ1) is 9.54. The minimum Gasteiger partial charge on any atom is -0.412 e. The number of carbonyl (C=O) groups excluding carboxylic acids is 2. The van der Waals surface area contributed by atoms with Crippen molar-refractivity contribution in [2.75, 3.05) is 0 Å². The van der Waals surface area contributed by atoms with Crippen LogP contribution in [0.4, 0.5) is 0 Å². The molecule has 0 bridgehead atoms. The molecule has 0 aliphatic heterocycles. The number of rotatable bonds is 12. The number of unbranched alkanes of at least 4 members (excludes halogenated alkanes) is 8. The zero-order valence-electron chi connectivity index (χ0n) is 14.8. The first-order valence-electron chi connectivity index (χ1n) is 8.53. The molecule has 0 saturated heterocycles. The molecule has 2 N–H and O–H groups in total. The van der Waals surface area contributed by atoms with Gasteiger partial charge in [0.2, 0.25) is 0 Å². The molecule has 0 aromatic carbocycles. The monoisotopic (exact) mass is 302 g/mol. The van der Waals surface area contributed by atoms with Gasteiger partial charge in [-0.1, -0.05) is 65.2 Å². The molecule has 0 saturated carbocycles. The lowest BCUT2D eigenvalue weighted by atomic mass is 10.1. The van der Waals surface area contributed by atoms with Gasteiger partial charge in [0.15, 0.2) is 0 Å². The average molecular weight is 302 g/mol. The van der Waals surface area contributed by atoms with E-state index in [1.54, 1.807) is 13.8 Å². The van der Waals surface area contributed by atoms with Crippen LogP contribution < -0.4 is 0 Å². The summed E-state index contributed by atoms with van der Waals surface area (Å²) in [7, 11) is 0.